The molecule has 0 fully saturated rings. The van der Waals surface area contributed by atoms with Gasteiger partial charge in [0.15, 0.2) is 5.54 Å². The molecule has 0 bridgehead atoms. The monoisotopic (exact) mass is 350 g/mol. The van der Waals surface area contributed by atoms with E-state index in [-0.39, 0.29) is 6.61 Å². The average Bonchev–Trinajstić information content (AvgIpc) is 2.54. The number of benzene rings is 2. The van der Waals surface area contributed by atoms with Gasteiger partial charge in [-0.25, -0.2) is 8.78 Å². The van der Waals surface area contributed by atoms with Crippen LogP contribution in [0.1, 0.15) is 17.3 Å². The number of rotatable bonds is 5. The van der Waals surface area contributed by atoms with Crippen molar-refractivity contribution in [3.63, 3.8) is 0 Å². The maximum absolute atomic E-state index is 13.7. The standard InChI is InChI=1S/C17H13ClF2N2O2/c1-17(9-21,10-24-14-8-3-2-5-11(14)18)22-16(23)15-12(19)6-4-7-13(15)20/h2-8H,10H2,1H3,(H,22,23). The molecule has 0 saturated carbocycles. The number of hydrogen-bond donors (Lipinski definition) is 1. The summed E-state index contributed by atoms with van der Waals surface area (Å²) in [6.45, 7) is 1.12. The molecule has 0 aliphatic heterocycles. The van der Waals surface area contributed by atoms with Gasteiger partial charge in [0, 0.05) is 0 Å². The Bertz CT molecular complexity index is 787. The number of hydrogen-bond acceptors (Lipinski definition) is 3. The van der Waals surface area contributed by atoms with E-state index < -0.39 is 28.6 Å². The SMILES string of the molecule is CC(C#N)(COc1ccccc1Cl)NC(=O)c1c(F)cccc1F. The lowest BCUT2D eigenvalue weighted by atomic mass is 10.0. The number of amides is 1. The summed E-state index contributed by atoms with van der Waals surface area (Å²) in [4.78, 5) is 12.1. The van der Waals surface area contributed by atoms with Crippen molar-refractivity contribution >= 4 is 17.5 Å². The van der Waals surface area contributed by atoms with Crippen LogP contribution in [-0.4, -0.2) is 18.1 Å². The summed E-state index contributed by atoms with van der Waals surface area (Å²) < 4.78 is 32.7. The van der Waals surface area contributed by atoms with Gasteiger partial charge in [-0.1, -0.05) is 29.8 Å². The highest BCUT2D eigenvalue weighted by molar-refractivity contribution is 6.32. The number of para-hydroxylation sites is 1. The van der Waals surface area contributed by atoms with E-state index in [1.165, 1.54) is 6.92 Å². The molecule has 7 heteroatoms. The highest BCUT2D eigenvalue weighted by Crippen LogP contribution is 2.24. The molecule has 1 amide bonds. The summed E-state index contributed by atoms with van der Waals surface area (Å²) in [5.74, 6) is -2.75. The van der Waals surface area contributed by atoms with Crippen molar-refractivity contribution in [3.05, 3.63) is 64.7 Å². The van der Waals surface area contributed by atoms with Gasteiger partial charge in [-0.3, -0.25) is 4.79 Å². The summed E-state index contributed by atoms with van der Waals surface area (Å²) in [5.41, 5.74) is -2.26. The van der Waals surface area contributed by atoms with Gasteiger partial charge in [0.1, 0.15) is 29.6 Å². The molecule has 0 spiro atoms. The number of ether oxygens (including phenoxy) is 1. The zero-order valence-corrected chi connectivity index (χ0v) is 13.4. The Balaban J connectivity index is 2.14. The molecule has 1 atom stereocenters. The summed E-state index contributed by atoms with van der Waals surface area (Å²) >= 11 is 5.95. The summed E-state index contributed by atoms with van der Waals surface area (Å²) in [6.07, 6.45) is 0. The molecule has 1 unspecified atom stereocenters. The van der Waals surface area contributed by atoms with Crippen molar-refractivity contribution in [2.45, 2.75) is 12.5 Å². The molecule has 0 aliphatic carbocycles. The topological polar surface area (TPSA) is 62.1 Å². The molecule has 24 heavy (non-hydrogen) atoms. The third-order valence-electron chi connectivity index (χ3n) is 3.18. The minimum absolute atomic E-state index is 0.255. The number of nitrogens with zero attached hydrogens (tertiary/aromatic N) is 1. The van der Waals surface area contributed by atoms with E-state index in [1.54, 1.807) is 24.3 Å². The van der Waals surface area contributed by atoms with E-state index >= 15 is 0 Å². The van der Waals surface area contributed by atoms with Crippen molar-refractivity contribution in [1.29, 1.82) is 5.26 Å². The smallest absolute Gasteiger partial charge is 0.258 e. The van der Waals surface area contributed by atoms with Gasteiger partial charge in [-0.2, -0.15) is 5.26 Å². The van der Waals surface area contributed by atoms with E-state index in [1.807, 2.05) is 6.07 Å². The molecule has 2 rings (SSSR count). The van der Waals surface area contributed by atoms with Crippen molar-refractivity contribution in [3.8, 4) is 11.8 Å². The molecule has 0 heterocycles. The van der Waals surface area contributed by atoms with E-state index in [9.17, 15) is 18.8 Å². The fourth-order valence-corrected chi connectivity index (χ4v) is 2.10. The summed E-state index contributed by atoms with van der Waals surface area (Å²) in [6, 6.07) is 11.5. The predicted octanol–water partition coefficient (Wildman–Crippen LogP) is 3.71. The first-order valence-electron chi connectivity index (χ1n) is 6.91. The summed E-state index contributed by atoms with van der Waals surface area (Å²) in [7, 11) is 0. The average molecular weight is 351 g/mol. The van der Waals surface area contributed by atoms with Crippen LogP contribution in [0, 0.1) is 23.0 Å². The second kappa shape index (κ2) is 7.28. The number of nitrogens with one attached hydrogen (secondary N) is 1. The Morgan fingerprint density at radius 1 is 1.25 bits per heavy atom. The van der Waals surface area contributed by atoms with Crippen LogP contribution in [0.25, 0.3) is 0 Å². The minimum Gasteiger partial charge on any atom is -0.488 e. The number of nitriles is 1. The van der Waals surface area contributed by atoms with Crippen LogP contribution < -0.4 is 10.1 Å². The third kappa shape index (κ3) is 4.00. The Hall–Kier alpha value is -2.65. The van der Waals surface area contributed by atoms with Crippen LogP contribution in [0.5, 0.6) is 5.75 Å². The molecule has 2 aromatic rings. The fraction of sp³-hybridized carbons (Fsp3) is 0.176. The highest BCUT2D eigenvalue weighted by Gasteiger charge is 2.30. The normalized spacial score (nSPS) is 12.8. The molecule has 2 aromatic carbocycles. The maximum Gasteiger partial charge on any atom is 0.258 e. The zero-order chi connectivity index (χ0) is 17.7. The number of halogens is 3. The molecular weight excluding hydrogens is 338 g/mol. The first-order chi connectivity index (χ1) is 11.4. The largest absolute Gasteiger partial charge is 0.488 e. The molecule has 124 valence electrons. The molecule has 0 aromatic heterocycles. The van der Waals surface area contributed by atoms with Gasteiger partial charge in [0.05, 0.1) is 11.1 Å². The van der Waals surface area contributed by atoms with Gasteiger partial charge >= 0.3 is 0 Å². The first kappa shape index (κ1) is 17.7. The Morgan fingerprint density at radius 2 is 1.88 bits per heavy atom. The van der Waals surface area contributed by atoms with Crippen molar-refractivity contribution in [2.24, 2.45) is 0 Å². The van der Waals surface area contributed by atoms with Gasteiger partial charge in [0.2, 0.25) is 0 Å². The predicted molar refractivity (Wildman–Crippen MR) is 84.8 cm³/mol. The number of carbonyl (C=O) groups excluding carboxylic acids is 1. The van der Waals surface area contributed by atoms with Crippen LogP contribution in [0.4, 0.5) is 8.78 Å². The van der Waals surface area contributed by atoms with E-state index in [2.05, 4.69) is 5.32 Å². The molecule has 0 radical (unpaired) electrons. The molecule has 4 nitrogen and oxygen atoms in total. The Morgan fingerprint density at radius 3 is 2.46 bits per heavy atom. The van der Waals surface area contributed by atoms with Crippen LogP contribution in [0.2, 0.25) is 5.02 Å². The lowest BCUT2D eigenvalue weighted by molar-refractivity contribution is 0.0892. The van der Waals surface area contributed by atoms with Crippen molar-refractivity contribution in [1.82, 2.24) is 5.32 Å². The van der Waals surface area contributed by atoms with Gasteiger partial charge in [0.25, 0.3) is 5.91 Å². The summed E-state index contributed by atoms with van der Waals surface area (Å²) in [5, 5.41) is 11.9. The van der Waals surface area contributed by atoms with Gasteiger partial charge in [-0.05, 0) is 31.2 Å². The van der Waals surface area contributed by atoms with Crippen LogP contribution in [0.15, 0.2) is 42.5 Å². The quantitative estimate of drug-likeness (QED) is 0.894. The van der Waals surface area contributed by atoms with E-state index in [0.717, 1.165) is 18.2 Å². The van der Waals surface area contributed by atoms with Gasteiger partial charge < -0.3 is 10.1 Å². The molecule has 0 saturated heterocycles. The van der Waals surface area contributed by atoms with Crippen molar-refractivity contribution < 1.29 is 18.3 Å². The van der Waals surface area contributed by atoms with Crippen LogP contribution >= 0.6 is 11.6 Å². The minimum atomic E-state index is -1.51. The molecule has 1 N–H and O–H groups in total. The maximum atomic E-state index is 13.7. The fourth-order valence-electron chi connectivity index (χ4n) is 1.91. The highest BCUT2D eigenvalue weighted by atomic mass is 35.5. The lowest BCUT2D eigenvalue weighted by Gasteiger charge is -2.24. The first-order valence-corrected chi connectivity index (χ1v) is 7.29. The Labute approximate surface area is 142 Å². The van der Waals surface area contributed by atoms with Crippen molar-refractivity contribution in [2.75, 3.05) is 6.61 Å². The third-order valence-corrected chi connectivity index (χ3v) is 3.49. The van der Waals surface area contributed by atoms with E-state index in [4.69, 9.17) is 16.3 Å². The number of carbonyl (C=O) groups is 1. The van der Waals surface area contributed by atoms with E-state index in [0.29, 0.717) is 10.8 Å². The second-order valence-electron chi connectivity index (χ2n) is 5.21. The Kier molecular flexibility index (Phi) is 5.37. The molecular formula is C17H13ClF2N2O2. The van der Waals surface area contributed by atoms with Crippen LogP contribution in [0.3, 0.4) is 0 Å². The zero-order valence-electron chi connectivity index (χ0n) is 12.6. The lowest BCUT2D eigenvalue weighted by Crippen LogP contribution is -2.49. The molecule has 0 aliphatic rings. The van der Waals surface area contributed by atoms with Gasteiger partial charge in [-0.15, -0.1) is 0 Å². The second-order valence-corrected chi connectivity index (χ2v) is 5.62. The van der Waals surface area contributed by atoms with Crippen LogP contribution in [-0.2, 0) is 0 Å².